The molecule has 2 aliphatic rings. The molecule has 35 heavy (non-hydrogen) atoms. The topological polar surface area (TPSA) is 109 Å². The minimum absolute atomic E-state index is 0.119. The molecule has 2 aliphatic heterocycles. The fraction of sp³-hybridized carbons (Fsp3) is 0.400. The normalized spacial score (nSPS) is 21.0. The molecule has 5 rings (SSSR count). The highest BCUT2D eigenvalue weighted by atomic mass is 32.1. The summed E-state index contributed by atoms with van der Waals surface area (Å²) in [4.78, 5) is 48.8. The van der Waals surface area contributed by atoms with Crippen molar-refractivity contribution < 1.29 is 18.9 Å². The molecule has 3 aromatic heterocycles. The molecular formula is C25H27N5O4S. The van der Waals surface area contributed by atoms with Gasteiger partial charge in [0.25, 0.3) is 11.8 Å². The molecule has 0 spiro atoms. The largest absolute Gasteiger partial charge is 0.361 e. The van der Waals surface area contributed by atoms with Gasteiger partial charge >= 0.3 is 6.03 Å². The van der Waals surface area contributed by atoms with Gasteiger partial charge in [-0.25, -0.2) is 4.79 Å². The number of aromatic nitrogens is 2. The quantitative estimate of drug-likeness (QED) is 0.528. The molecule has 9 nitrogen and oxygen atoms in total. The van der Waals surface area contributed by atoms with Crippen LogP contribution in [0.2, 0.25) is 0 Å². The van der Waals surface area contributed by atoms with E-state index in [4.69, 9.17) is 4.52 Å². The molecular weight excluding hydrogens is 466 g/mol. The number of urea groups is 1. The van der Waals surface area contributed by atoms with E-state index in [1.807, 2.05) is 23.6 Å². The van der Waals surface area contributed by atoms with E-state index in [2.05, 4.69) is 15.5 Å². The monoisotopic (exact) mass is 493 g/mol. The van der Waals surface area contributed by atoms with E-state index in [1.165, 1.54) is 4.90 Å². The second-order valence-electron chi connectivity index (χ2n) is 9.00. The number of carbonyl (C=O) groups is 3. The Morgan fingerprint density at radius 3 is 2.63 bits per heavy atom. The highest BCUT2D eigenvalue weighted by Gasteiger charge is 2.58. The lowest BCUT2D eigenvalue weighted by atomic mass is 9.75. The van der Waals surface area contributed by atoms with Crippen LogP contribution in [-0.4, -0.2) is 57.4 Å². The van der Waals surface area contributed by atoms with Gasteiger partial charge in [-0.15, -0.1) is 11.3 Å². The Bertz CT molecular complexity index is 1210. The van der Waals surface area contributed by atoms with Crippen molar-refractivity contribution in [3.05, 3.63) is 69.5 Å². The number of likely N-dealkylation sites (tertiary alicyclic amines) is 1. The van der Waals surface area contributed by atoms with Gasteiger partial charge in [0, 0.05) is 36.6 Å². The zero-order valence-electron chi connectivity index (χ0n) is 19.7. The number of piperidine rings is 1. The number of amides is 4. The van der Waals surface area contributed by atoms with Crippen LogP contribution in [0.5, 0.6) is 0 Å². The van der Waals surface area contributed by atoms with Crippen LogP contribution in [-0.2, 0) is 16.8 Å². The molecule has 2 saturated heterocycles. The van der Waals surface area contributed by atoms with Gasteiger partial charge in [-0.05, 0) is 56.7 Å². The number of aryl methyl sites for hydroxylation is 2. The predicted molar refractivity (Wildman–Crippen MR) is 129 cm³/mol. The molecule has 2 fully saturated rings. The summed E-state index contributed by atoms with van der Waals surface area (Å²) < 4.78 is 5.17. The molecule has 1 atom stereocenters. The third-order valence-electron chi connectivity index (χ3n) is 7.00. The standard InChI is InChI=1S/C25H27N5O4S/c1-16-21(17(2)34-28-16)22(31)29-12-8-18(9-13-29)25(20-7-3-4-11-26-20)23(32)30(24(33)27-25)14-10-19-6-5-15-35-19/h3-7,11,15,18H,8-10,12-14H2,1-2H3,(H,27,33). The van der Waals surface area contributed by atoms with Gasteiger partial charge in [0.2, 0.25) is 0 Å². The zero-order valence-corrected chi connectivity index (χ0v) is 20.5. The Hall–Kier alpha value is -3.53. The number of nitrogens with zero attached hydrogens (tertiary/aromatic N) is 4. The molecule has 0 aliphatic carbocycles. The van der Waals surface area contributed by atoms with Crippen LogP contribution in [0.1, 0.15) is 45.2 Å². The Balaban J connectivity index is 1.38. The van der Waals surface area contributed by atoms with E-state index < -0.39 is 11.6 Å². The van der Waals surface area contributed by atoms with Gasteiger partial charge in [0.05, 0.1) is 11.4 Å². The van der Waals surface area contributed by atoms with Gasteiger partial charge in [0.1, 0.15) is 11.3 Å². The highest BCUT2D eigenvalue weighted by molar-refractivity contribution is 7.09. The summed E-state index contributed by atoms with van der Waals surface area (Å²) >= 11 is 1.61. The summed E-state index contributed by atoms with van der Waals surface area (Å²) in [5.74, 6) is -0.0901. The number of nitrogens with one attached hydrogen (secondary N) is 1. The van der Waals surface area contributed by atoms with Crippen LogP contribution in [0, 0.1) is 19.8 Å². The lowest BCUT2D eigenvalue weighted by molar-refractivity contribution is -0.134. The average molecular weight is 494 g/mol. The number of pyridine rings is 1. The number of carbonyl (C=O) groups excluding carboxylic acids is 3. The number of rotatable bonds is 6. The molecule has 5 heterocycles. The smallest absolute Gasteiger partial charge is 0.325 e. The maximum Gasteiger partial charge on any atom is 0.325 e. The maximum absolute atomic E-state index is 13.9. The summed E-state index contributed by atoms with van der Waals surface area (Å²) in [5.41, 5.74) is 0.353. The first-order valence-electron chi connectivity index (χ1n) is 11.7. The third kappa shape index (κ3) is 4.01. The first-order valence-corrected chi connectivity index (χ1v) is 12.6. The molecule has 0 radical (unpaired) electrons. The minimum Gasteiger partial charge on any atom is -0.361 e. The molecule has 10 heteroatoms. The van der Waals surface area contributed by atoms with Crippen LogP contribution in [0.3, 0.4) is 0 Å². The predicted octanol–water partition coefficient (Wildman–Crippen LogP) is 3.29. The van der Waals surface area contributed by atoms with Crippen molar-refractivity contribution >= 4 is 29.2 Å². The first kappa shape index (κ1) is 23.2. The van der Waals surface area contributed by atoms with E-state index in [0.717, 1.165) is 4.88 Å². The van der Waals surface area contributed by atoms with E-state index in [9.17, 15) is 14.4 Å². The van der Waals surface area contributed by atoms with Crippen LogP contribution >= 0.6 is 11.3 Å². The van der Waals surface area contributed by atoms with E-state index in [0.29, 0.717) is 61.6 Å². The molecule has 1 unspecified atom stereocenters. The van der Waals surface area contributed by atoms with Crippen molar-refractivity contribution in [1.82, 2.24) is 25.3 Å². The number of hydrogen-bond donors (Lipinski definition) is 1. The fourth-order valence-corrected chi connectivity index (χ4v) is 5.89. The molecule has 0 aromatic carbocycles. The Kier molecular flexibility index (Phi) is 6.14. The molecule has 3 aromatic rings. The summed E-state index contributed by atoms with van der Waals surface area (Å²) in [6, 6.07) is 8.97. The molecule has 0 bridgehead atoms. The van der Waals surface area contributed by atoms with E-state index >= 15 is 0 Å². The lowest BCUT2D eigenvalue weighted by Crippen LogP contribution is -2.54. The van der Waals surface area contributed by atoms with Crippen molar-refractivity contribution in [3.8, 4) is 0 Å². The van der Waals surface area contributed by atoms with E-state index in [1.54, 1.807) is 48.4 Å². The van der Waals surface area contributed by atoms with Gasteiger partial charge in [-0.2, -0.15) is 0 Å². The Morgan fingerprint density at radius 2 is 2.00 bits per heavy atom. The zero-order chi connectivity index (χ0) is 24.6. The van der Waals surface area contributed by atoms with Crippen molar-refractivity contribution in [2.45, 2.75) is 38.6 Å². The van der Waals surface area contributed by atoms with Gasteiger partial charge in [-0.3, -0.25) is 19.5 Å². The van der Waals surface area contributed by atoms with Gasteiger partial charge in [-0.1, -0.05) is 17.3 Å². The summed E-state index contributed by atoms with van der Waals surface area (Å²) in [6.45, 7) is 4.71. The minimum atomic E-state index is -1.24. The number of thiophene rings is 1. The highest BCUT2D eigenvalue weighted by Crippen LogP contribution is 2.41. The van der Waals surface area contributed by atoms with Crippen LogP contribution in [0.4, 0.5) is 4.79 Å². The maximum atomic E-state index is 13.9. The SMILES string of the molecule is Cc1noc(C)c1C(=O)N1CCC(C2(c3ccccn3)NC(=O)N(CCc3cccs3)C2=O)CC1. The van der Waals surface area contributed by atoms with Crippen LogP contribution in [0.15, 0.2) is 46.4 Å². The van der Waals surface area contributed by atoms with Gasteiger partial charge < -0.3 is 14.7 Å². The average Bonchev–Trinajstić information content (AvgIpc) is 3.57. The van der Waals surface area contributed by atoms with Crippen LogP contribution < -0.4 is 5.32 Å². The summed E-state index contributed by atoms with van der Waals surface area (Å²) in [7, 11) is 0. The van der Waals surface area contributed by atoms with Gasteiger partial charge in [0.15, 0.2) is 5.54 Å². The van der Waals surface area contributed by atoms with Crippen LogP contribution in [0.25, 0.3) is 0 Å². The third-order valence-corrected chi connectivity index (χ3v) is 7.94. The van der Waals surface area contributed by atoms with Crippen molar-refractivity contribution in [2.24, 2.45) is 5.92 Å². The first-order chi connectivity index (χ1) is 16.9. The number of hydrogen-bond acceptors (Lipinski definition) is 7. The molecule has 0 saturated carbocycles. The molecule has 1 N–H and O–H groups in total. The summed E-state index contributed by atoms with van der Waals surface area (Å²) in [5, 5.41) is 8.90. The molecule has 4 amide bonds. The Morgan fingerprint density at radius 1 is 1.20 bits per heavy atom. The van der Waals surface area contributed by atoms with Crippen molar-refractivity contribution in [1.29, 1.82) is 0 Å². The summed E-state index contributed by atoms with van der Waals surface area (Å²) in [6.07, 6.45) is 3.35. The lowest BCUT2D eigenvalue weighted by Gasteiger charge is -2.40. The Labute approximate surface area is 207 Å². The second kappa shape index (κ2) is 9.26. The molecule has 182 valence electrons. The fourth-order valence-electron chi connectivity index (χ4n) is 5.19. The van der Waals surface area contributed by atoms with Crippen molar-refractivity contribution in [3.63, 3.8) is 0 Å². The van der Waals surface area contributed by atoms with Crippen molar-refractivity contribution in [2.75, 3.05) is 19.6 Å². The number of imide groups is 1. The second-order valence-corrected chi connectivity index (χ2v) is 10.0. The van der Waals surface area contributed by atoms with E-state index in [-0.39, 0.29) is 17.7 Å².